The van der Waals surface area contributed by atoms with Gasteiger partial charge >= 0.3 is 11.8 Å². The Balaban J connectivity index is 2.14. The van der Waals surface area contributed by atoms with Crippen molar-refractivity contribution in [3.8, 4) is 0 Å². The van der Waals surface area contributed by atoms with E-state index in [2.05, 4.69) is 19.2 Å². The monoisotopic (exact) mass is 316 g/mol. The Labute approximate surface area is 139 Å². The standard InChI is InChI=1S/C19H28N2O2/c1-5-13(2)16-11-6-7-12-17(16)20-18(22)19(23)21-14(3)9-8-10-15(21)4/h6-7,11-15H,5,8-10H2,1-4H3,(H,20,22). The van der Waals surface area contributed by atoms with Gasteiger partial charge in [0.25, 0.3) is 0 Å². The van der Waals surface area contributed by atoms with Crippen molar-refractivity contribution in [2.24, 2.45) is 0 Å². The minimum atomic E-state index is -0.527. The van der Waals surface area contributed by atoms with E-state index in [1.165, 1.54) is 0 Å². The van der Waals surface area contributed by atoms with Crippen molar-refractivity contribution in [3.05, 3.63) is 29.8 Å². The summed E-state index contributed by atoms with van der Waals surface area (Å²) >= 11 is 0. The normalized spacial score (nSPS) is 22.5. The van der Waals surface area contributed by atoms with Gasteiger partial charge in [0.2, 0.25) is 0 Å². The molecule has 1 heterocycles. The molecular weight excluding hydrogens is 288 g/mol. The second kappa shape index (κ2) is 7.62. The van der Waals surface area contributed by atoms with Crippen molar-refractivity contribution < 1.29 is 9.59 Å². The highest BCUT2D eigenvalue weighted by atomic mass is 16.2. The van der Waals surface area contributed by atoms with Gasteiger partial charge in [0, 0.05) is 17.8 Å². The fourth-order valence-electron chi connectivity index (χ4n) is 3.38. The maximum absolute atomic E-state index is 12.6. The highest BCUT2D eigenvalue weighted by Gasteiger charge is 2.33. The van der Waals surface area contributed by atoms with Crippen LogP contribution in [-0.4, -0.2) is 28.8 Å². The number of rotatable bonds is 3. The number of nitrogens with one attached hydrogen (secondary N) is 1. The van der Waals surface area contributed by atoms with Crippen LogP contribution in [0.25, 0.3) is 0 Å². The van der Waals surface area contributed by atoms with Crippen molar-refractivity contribution >= 4 is 17.5 Å². The van der Waals surface area contributed by atoms with E-state index in [0.29, 0.717) is 5.92 Å². The van der Waals surface area contributed by atoms with Crippen LogP contribution in [0.1, 0.15) is 64.9 Å². The fourth-order valence-corrected chi connectivity index (χ4v) is 3.38. The Morgan fingerprint density at radius 3 is 2.43 bits per heavy atom. The number of benzene rings is 1. The Hall–Kier alpha value is -1.84. The van der Waals surface area contributed by atoms with Gasteiger partial charge in [0.1, 0.15) is 0 Å². The molecule has 1 aliphatic rings. The summed E-state index contributed by atoms with van der Waals surface area (Å²) in [4.78, 5) is 26.8. The van der Waals surface area contributed by atoms with Crippen LogP contribution in [0.5, 0.6) is 0 Å². The second-order valence-electron chi connectivity index (χ2n) is 6.69. The molecular formula is C19H28N2O2. The van der Waals surface area contributed by atoms with Gasteiger partial charge in [0.15, 0.2) is 0 Å². The summed E-state index contributed by atoms with van der Waals surface area (Å²) in [6.07, 6.45) is 4.03. The summed E-state index contributed by atoms with van der Waals surface area (Å²) in [7, 11) is 0. The van der Waals surface area contributed by atoms with Crippen molar-refractivity contribution in [1.82, 2.24) is 4.90 Å². The van der Waals surface area contributed by atoms with Crippen LogP contribution >= 0.6 is 0 Å². The molecule has 0 saturated carbocycles. The lowest BCUT2D eigenvalue weighted by Gasteiger charge is -2.38. The summed E-state index contributed by atoms with van der Waals surface area (Å²) in [6, 6.07) is 7.99. The van der Waals surface area contributed by atoms with Crippen LogP contribution in [0, 0.1) is 0 Å². The van der Waals surface area contributed by atoms with Crippen molar-refractivity contribution in [2.45, 2.75) is 71.4 Å². The van der Waals surface area contributed by atoms with E-state index in [9.17, 15) is 9.59 Å². The van der Waals surface area contributed by atoms with Gasteiger partial charge in [-0.15, -0.1) is 0 Å². The SMILES string of the molecule is CCC(C)c1ccccc1NC(=O)C(=O)N1C(C)CCCC1C. The number of piperidine rings is 1. The zero-order valence-corrected chi connectivity index (χ0v) is 14.6. The third-order valence-corrected chi connectivity index (χ3v) is 4.97. The number of anilines is 1. The summed E-state index contributed by atoms with van der Waals surface area (Å²) < 4.78 is 0. The van der Waals surface area contributed by atoms with Gasteiger partial charge in [0.05, 0.1) is 0 Å². The van der Waals surface area contributed by atoms with E-state index in [1.54, 1.807) is 4.90 Å². The van der Waals surface area contributed by atoms with Crippen molar-refractivity contribution in [2.75, 3.05) is 5.32 Å². The molecule has 1 aliphatic heterocycles. The minimum Gasteiger partial charge on any atom is -0.329 e. The first kappa shape index (κ1) is 17.5. The highest BCUT2D eigenvalue weighted by molar-refractivity contribution is 6.39. The van der Waals surface area contributed by atoms with Crippen LogP contribution in [0.4, 0.5) is 5.69 Å². The molecule has 4 nitrogen and oxygen atoms in total. The van der Waals surface area contributed by atoms with E-state index >= 15 is 0 Å². The summed E-state index contributed by atoms with van der Waals surface area (Å²) in [5, 5.41) is 2.83. The zero-order valence-electron chi connectivity index (χ0n) is 14.6. The van der Waals surface area contributed by atoms with Gasteiger partial charge in [-0.1, -0.05) is 32.0 Å². The molecule has 2 rings (SSSR count). The molecule has 0 bridgehead atoms. The lowest BCUT2D eigenvalue weighted by molar-refractivity contribution is -0.147. The van der Waals surface area contributed by atoms with Crippen LogP contribution in [0.15, 0.2) is 24.3 Å². The molecule has 0 aromatic heterocycles. The molecule has 4 heteroatoms. The number of hydrogen-bond acceptors (Lipinski definition) is 2. The largest absolute Gasteiger partial charge is 0.329 e. The van der Waals surface area contributed by atoms with Crippen LogP contribution < -0.4 is 5.32 Å². The average molecular weight is 316 g/mol. The molecule has 0 aliphatic carbocycles. The molecule has 3 unspecified atom stereocenters. The van der Waals surface area contributed by atoms with E-state index in [1.807, 2.05) is 38.1 Å². The first-order valence-corrected chi connectivity index (χ1v) is 8.68. The predicted molar refractivity (Wildman–Crippen MR) is 93.4 cm³/mol. The highest BCUT2D eigenvalue weighted by Crippen LogP contribution is 2.27. The molecule has 1 fully saturated rings. The molecule has 126 valence electrons. The summed E-state index contributed by atoms with van der Waals surface area (Å²) in [5.41, 5.74) is 1.83. The van der Waals surface area contributed by atoms with Gasteiger partial charge in [-0.05, 0) is 57.1 Å². The Morgan fingerprint density at radius 2 is 1.83 bits per heavy atom. The Morgan fingerprint density at radius 1 is 1.22 bits per heavy atom. The second-order valence-corrected chi connectivity index (χ2v) is 6.69. The molecule has 23 heavy (non-hydrogen) atoms. The maximum atomic E-state index is 12.6. The maximum Gasteiger partial charge on any atom is 0.313 e. The third-order valence-electron chi connectivity index (χ3n) is 4.97. The van der Waals surface area contributed by atoms with Gasteiger partial charge < -0.3 is 10.2 Å². The molecule has 0 radical (unpaired) electrons. The molecule has 1 N–H and O–H groups in total. The number of nitrogens with zero attached hydrogens (tertiary/aromatic N) is 1. The van der Waals surface area contributed by atoms with Crippen molar-refractivity contribution in [1.29, 1.82) is 0 Å². The lowest BCUT2D eigenvalue weighted by atomic mass is 9.96. The number of likely N-dealkylation sites (tertiary alicyclic amines) is 1. The van der Waals surface area contributed by atoms with E-state index < -0.39 is 11.8 Å². The van der Waals surface area contributed by atoms with Gasteiger partial charge in [-0.25, -0.2) is 0 Å². The molecule has 1 aromatic rings. The summed E-state index contributed by atoms with van der Waals surface area (Å²) in [6.45, 7) is 8.29. The minimum absolute atomic E-state index is 0.127. The molecule has 3 atom stereocenters. The number of hydrogen-bond donors (Lipinski definition) is 1. The first-order valence-electron chi connectivity index (χ1n) is 8.68. The molecule has 2 amide bonds. The Bertz CT molecular complexity index is 560. The number of carbonyl (C=O) groups is 2. The molecule has 1 saturated heterocycles. The van der Waals surface area contributed by atoms with Gasteiger partial charge in [-0.3, -0.25) is 9.59 Å². The van der Waals surface area contributed by atoms with Crippen LogP contribution in [0.3, 0.4) is 0 Å². The number of para-hydroxylation sites is 1. The smallest absolute Gasteiger partial charge is 0.313 e. The number of amides is 2. The summed E-state index contributed by atoms with van der Waals surface area (Å²) in [5.74, 6) is -0.598. The predicted octanol–water partition coefficient (Wildman–Crippen LogP) is 3.93. The molecule has 1 aromatic carbocycles. The topological polar surface area (TPSA) is 49.4 Å². The van der Waals surface area contributed by atoms with Crippen molar-refractivity contribution in [3.63, 3.8) is 0 Å². The first-order chi connectivity index (χ1) is 11.0. The Kier molecular flexibility index (Phi) is 5.80. The van der Waals surface area contributed by atoms with E-state index in [-0.39, 0.29) is 12.1 Å². The lowest BCUT2D eigenvalue weighted by Crippen LogP contribution is -2.51. The molecule has 0 spiro atoms. The van der Waals surface area contributed by atoms with Crippen LogP contribution in [-0.2, 0) is 9.59 Å². The third kappa shape index (κ3) is 3.92. The van der Waals surface area contributed by atoms with E-state index in [4.69, 9.17) is 0 Å². The van der Waals surface area contributed by atoms with Gasteiger partial charge in [-0.2, -0.15) is 0 Å². The quantitative estimate of drug-likeness (QED) is 0.859. The average Bonchev–Trinajstić information content (AvgIpc) is 2.54. The zero-order chi connectivity index (χ0) is 17.0. The van der Waals surface area contributed by atoms with Crippen LogP contribution in [0.2, 0.25) is 0 Å². The number of carbonyl (C=O) groups excluding carboxylic acids is 2. The fraction of sp³-hybridized carbons (Fsp3) is 0.579. The van der Waals surface area contributed by atoms with E-state index in [0.717, 1.165) is 36.9 Å².